The van der Waals surface area contributed by atoms with Crippen LogP contribution in [0.15, 0.2) is 0 Å². The predicted octanol–water partition coefficient (Wildman–Crippen LogP) is 1.30. The van der Waals surface area contributed by atoms with Gasteiger partial charge in [0.15, 0.2) is 6.10 Å². The van der Waals surface area contributed by atoms with Crippen LogP contribution in [0.25, 0.3) is 0 Å². The lowest BCUT2D eigenvalue weighted by Gasteiger charge is -2.14. The molecule has 1 atom stereocenters. The third kappa shape index (κ3) is 6.40. The van der Waals surface area contributed by atoms with E-state index in [0.717, 1.165) is 0 Å². The highest BCUT2D eigenvalue weighted by Crippen LogP contribution is 2.02. The molecule has 5 heteroatoms. The molecule has 94 valence electrons. The fourth-order valence-electron chi connectivity index (χ4n) is 1.11. The molecule has 0 N–H and O–H groups in total. The van der Waals surface area contributed by atoms with Gasteiger partial charge in [0, 0.05) is 0 Å². The van der Waals surface area contributed by atoms with E-state index in [1.165, 1.54) is 0 Å². The number of ether oxygens (including phenoxy) is 3. The molecule has 0 bridgehead atoms. The molecule has 0 aromatic heterocycles. The van der Waals surface area contributed by atoms with Crippen LogP contribution in [0.5, 0.6) is 0 Å². The number of esters is 2. The molecule has 5 nitrogen and oxygen atoms in total. The van der Waals surface area contributed by atoms with Crippen molar-refractivity contribution < 1.29 is 23.8 Å². The molecule has 0 radical (unpaired) electrons. The monoisotopic (exact) mass is 232 g/mol. The summed E-state index contributed by atoms with van der Waals surface area (Å²) in [4.78, 5) is 22.3. The van der Waals surface area contributed by atoms with Gasteiger partial charge in [0.1, 0.15) is 0 Å². The Bertz CT molecular complexity index is 214. The Hall–Kier alpha value is -1.10. The Labute approximate surface area is 96.1 Å². The predicted molar refractivity (Wildman–Crippen MR) is 57.9 cm³/mol. The second kappa shape index (κ2) is 9.15. The number of rotatable bonds is 8. The van der Waals surface area contributed by atoms with Gasteiger partial charge >= 0.3 is 11.9 Å². The van der Waals surface area contributed by atoms with Gasteiger partial charge in [-0.3, -0.25) is 4.79 Å². The second-order valence-corrected chi connectivity index (χ2v) is 3.07. The van der Waals surface area contributed by atoms with Crippen molar-refractivity contribution in [2.45, 2.75) is 39.7 Å². The zero-order valence-electron chi connectivity index (χ0n) is 10.2. The minimum absolute atomic E-state index is 0.156. The average molecular weight is 232 g/mol. The molecule has 0 aromatic rings. The van der Waals surface area contributed by atoms with E-state index in [1.54, 1.807) is 13.8 Å². The zero-order chi connectivity index (χ0) is 12.4. The Balaban J connectivity index is 3.78. The molecule has 0 rings (SSSR count). The Morgan fingerprint density at radius 3 is 2.19 bits per heavy atom. The molecule has 0 aliphatic heterocycles. The fraction of sp³-hybridized carbons (Fsp3) is 0.818. The van der Waals surface area contributed by atoms with Gasteiger partial charge in [0.25, 0.3) is 0 Å². The molecule has 0 heterocycles. The second-order valence-electron chi connectivity index (χ2n) is 3.07. The van der Waals surface area contributed by atoms with Crippen molar-refractivity contribution in [2.75, 3.05) is 19.8 Å². The van der Waals surface area contributed by atoms with Crippen molar-refractivity contribution in [2.24, 2.45) is 0 Å². The highest BCUT2D eigenvalue weighted by molar-refractivity contribution is 5.74. The van der Waals surface area contributed by atoms with Gasteiger partial charge in [-0.1, -0.05) is 6.92 Å². The van der Waals surface area contributed by atoms with Gasteiger partial charge in [0.2, 0.25) is 0 Å². The van der Waals surface area contributed by atoms with E-state index in [4.69, 9.17) is 14.2 Å². The minimum Gasteiger partial charge on any atom is -0.466 e. The van der Waals surface area contributed by atoms with Crippen LogP contribution >= 0.6 is 0 Å². The van der Waals surface area contributed by atoms with E-state index in [9.17, 15) is 9.59 Å². The third-order valence-electron chi connectivity index (χ3n) is 1.85. The first kappa shape index (κ1) is 14.9. The van der Waals surface area contributed by atoms with E-state index in [2.05, 4.69) is 0 Å². The van der Waals surface area contributed by atoms with Crippen LogP contribution < -0.4 is 0 Å². The summed E-state index contributed by atoms with van der Waals surface area (Å²) in [5, 5.41) is 0. The third-order valence-corrected chi connectivity index (χ3v) is 1.85. The summed E-state index contributed by atoms with van der Waals surface area (Å²) in [7, 11) is 0. The maximum atomic E-state index is 11.3. The topological polar surface area (TPSA) is 61.8 Å². The summed E-state index contributed by atoms with van der Waals surface area (Å²) < 4.78 is 14.8. The Morgan fingerprint density at radius 2 is 1.69 bits per heavy atom. The fourth-order valence-corrected chi connectivity index (χ4v) is 1.11. The van der Waals surface area contributed by atoms with Gasteiger partial charge in [0.05, 0.1) is 26.2 Å². The first-order chi connectivity index (χ1) is 7.65. The molecule has 1 unspecified atom stereocenters. The van der Waals surface area contributed by atoms with Gasteiger partial charge in [-0.25, -0.2) is 4.79 Å². The normalized spacial score (nSPS) is 11.9. The SMILES string of the molecule is CCOC(=O)CCOC(CC)C(=O)OCC. The largest absolute Gasteiger partial charge is 0.466 e. The lowest BCUT2D eigenvalue weighted by molar-refractivity contribution is -0.159. The highest BCUT2D eigenvalue weighted by atomic mass is 16.6. The maximum absolute atomic E-state index is 11.3. The smallest absolute Gasteiger partial charge is 0.335 e. The maximum Gasteiger partial charge on any atom is 0.335 e. The molecule has 0 aliphatic rings. The molecule has 0 aromatic carbocycles. The number of hydrogen-bond acceptors (Lipinski definition) is 5. The Morgan fingerprint density at radius 1 is 1.06 bits per heavy atom. The van der Waals surface area contributed by atoms with Crippen LogP contribution in [0.2, 0.25) is 0 Å². The van der Waals surface area contributed by atoms with E-state index < -0.39 is 6.10 Å². The number of hydrogen-bond donors (Lipinski definition) is 0. The van der Waals surface area contributed by atoms with Crippen LogP contribution in [0.1, 0.15) is 33.6 Å². The van der Waals surface area contributed by atoms with E-state index in [-0.39, 0.29) is 25.0 Å². The quantitative estimate of drug-likeness (QED) is 0.590. The summed E-state index contributed by atoms with van der Waals surface area (Å²) in [5.74, 6) is -0.699. The Kier molecular flexibility index (Phi) is 8.52. The molecular weight excluding hydrogens is 212 g/mol. The molecule has 16 heavy (non-hydrogen) atoms. The summed E-state index contributed by atoms with van der Waals surface area (Å²) in [6.07, 6.45) is 0.0974. The summed E-state index contributed by atoms with van der Waals surface area (Å²) >= 11 is 0. The highest BCUT2D eigenvalue weighted by Gasteiger charge is 2.18. The van der Waals surface area contributed by atoms with Gasteiger partial charge < -0.3 is 14.2 Å². The van der Waals surface area contributed by atoms with Gasteiger partial charge in [-0.05, 0) is 20.3 Å². The van der Waals surface area contributed by atoms with Crippen LogP contribution in [-0.4, -0.2) is 37.9 Å². The summed E-state index contributed by atoms with van der Waals surface area (Å²) in [5.41, 5.74) is 0. The van der Waals surface area contributed by atoms with Crippen molar-refractivity contribution >= 4 is 11.9 Å². The number of carbonyl (C=O) groups excluding carboxylic acids is 2. The van der Waals surface area contributed by atoms with Crippen molar-refractivity contribution in [1.29, 1.82) is 0 Å². The van der Waals surface area contributed by atoms with Crippen molar-refractivity contribution in [3.05, 3.63) is 0 Å². The van der Waals surface area contributed by atoms with Gasteiger partial charge in [-0.2, -0.15) is 0 Å². The summed E-state index contributed by atoms with van der Waals surface area (Å²) in [6.45, 7) is 6.17. The van der Waals surface area contributed by atoms with Crippen LogP contribution in [0.4, 0.5) is 0 Å². The van der Waals surface area contributed by atoms with Gasteiger partial charge in [-0.15, -0.1) is 0 Å². The minimum atomic E-state index is -0.589. The molecule has 0 fully saturated rings. The van der Waals surface area contributed by atoms with E-state index >= 15 is 0 Å². The molecule has 0 saturated heterocycles. The molecule has 0 aliphatic carbocycles. The standard InChI is InChI=1S/C11H20O5/c1-4-9(11(13)15-6-3)16-8-7-10(12)14-5-2/h9H,4-8H2,1-3H3. The molecular formula is C11H20O5. The molecule has 0 amide bonds. The lowest BCUT2D eigenvalue weighted by atomic mass is 10.3. The zero-order valence-corrected chi connectivity index (χ0v) is 10.2. The van der Waals surface area contributed by atoms with Crippen molar-refractivity contribution in [3.63, 3.8) is 0 Å². The average Bonchev–Trinajstić information content (AvgIpc) is 2.25. The summed E-state index contributed by atoms with van der Waals surface area (Å²) in [6, 6.07) is 0. The van der Waals surface area contributed by atoms with E-state index in [0.29, 0.717) is 19.6 Å². The molecule has 0 spiro atoms. The van der Waals surface area contributed by atoms with Crippen molar-refractivity contribution in [3.8, 4) is 0 Å². The molecule has 0 saturated carbocycles. The van der Waals surface area contributed by atoms with Crippen LogP contribution in [-0.2, 0) is 23.8 Å². The van der Waals surface area contributed by atoms with Crippen molar-refractivity contribution in [1.82, 2.24) is 0 Å². The number of carbonyl (C=O) groups is 2. The lowest BCUT2D eigenvalue weighted by Crippen LogP contribution is -2.27. The first-order valence-corrected chi connectivity index (χ1v) is 5.59. The first-order valence-electron chi connectivity index (χ1n) is 5.59. The van der Waals surface area contributed by atoms with Crippen LogP contribution in [0, 0.1) is 0 Å². The van der Waals surface area contributed by atoms with E-state index in [1.807, 2.05) is 6.92 Å². The van der Waals surface area contributed by atoms with Crippen LogP contribution in [0.3, 0.4) is 0 Å².